The van der Waals surface area contributed by atoms with Gasteiger partial charge in [0.2, 0.25) is 0 Å². The van der Waals surface area contributed by atoms with Crippen LogP contribution in [-0.2, 0) is 17.8 Å². The monoisotopic (exact) mass is 420 g/mol. The van der Waals surface area contributed by atoms with Gasteiger partial charge in [0.1, 0.15) is 10.5 Å². The van der Waals surface area contributed by atoms with Gasteiger partial charge in [-0.3, -0.25) is 9.59 Å². The highest BCUT2D eigenvalue weighted by Gasteiger charge is 2.16. The van der Waals surface area contributed by atoms with Crippen LogP contribution in [0.5, 0.6) is 0 Å². The Bertz CT molecular complexity index is 1320. The molecule has 0 unspecified atom stereocenters. The average molecular weight is 421 g/mol. The van der Waals surface area contributed by atoms with E-state index in [2.05, 4.69) is 4.98 Å². The van der Waals surface area contributed by atoms with Gasteiger partial charge in [0.15, 0.2) is 11.6 Å². The molecule has 1 N–H and O–H groups in total. The zero-order valence-corrected chi connectivity index (χ0v) is 15.7. The molecule has 0 atom stereocenters. The number of thiazole rings is 1. The number of aromatic nitrogens is 2. The standard InChI is InChI=1S/C19H11ClF2N2O3S/c20-11-2-1-9-5-10(6-16(25)26)19(27)24(13(9)7-11)8-15-23-18-14(28-15)4-3-12(21)17(18)22/h1-5,7H,6,8H2,(H,25,26). The summed E-state index contributed by atoms with van der Waals surface area (Å²) >= 11 is 7.19. The van der Waals surface area contributed by atoms with E-state index >= 15 is 0 Å². The van der Waals surface area contributed by atoms with Gasteiger partial charge in [-0.1, -0.05) is 17.7 Å². The minimum absolute atomic E-state index is 0.0243. The third-order valence-corrected chi connectivity index (χ3v) is 5.50. The number of nitrogens with zero attached hydrogens (tertiary/aromatic N) is 2. The van der Waals surface area contributed by atoms with E-state index in [-0.39, 0.29) is 17.6 Å². The topological polar surface area (TPSA) is 72.2 Å². The molecule has 142 valence electrons. The summed E-state index contributed by atoms with van der Waals surface area (Å²) in [7, 11) is 0. The van der Waals surface area contributed by atoms with Crippen molar-refractivity contribution in [1.29, 1.82) is 0 Å². The summed E-state index contributed by atoms with van der Waals surface area (Å²) < 4.78 is 29.2. The first-order valence-electron chi connectivity index (χ1n) is 8.10. The van der Waals surface area contributed by atoms with E-state index in [9.17, 15) is 18.4 Å². The van der Waals surface area contributed by atoms with Crippen LogP contribution in [-0.4, -0.2) is 20.6 Å². The van der Waals surface area contributed by atoms with E-state index in [4.69, 9.17) is 16.7 Å². The SMILES string of the molecule is O=C(O)Cc1cc2ccc(Cl)cc2n(Cc2nc3c(F)c(F)ccc3s2)c1=O. The van der Waals surface area contributed by atoms with Crippen LogP contribution in [0.1, 0.15) is 10.6 Å². The van der Waals surface area contributed by atoms with Crippen LogP contribution in [0, 0.1) is 11.6 Å². The third kappa shape index (κ3) is 3.25. The number of hydrogen-bond donors (Lipinski definition) is 1. The van der Waals surface area contributed by atoms with Crippen LogP contribution in [0.4, 0.5) is 8.78 Å². The Hall–Kier alpha value is -2.84. The number of pyridine rings is 1. The maximum absolute atomic E-state index is 14.0. The molecule has 9 heteroatoms. The summed E-state index contributed by atoms with van der Waals surface area (Å²) in [5, 5.41) is 10.5. The normalized spacial score (nSPS) is 11.4. The second kappa shape index (κ2) is 6.96. The van der Waals surface area contributed by atoms with Crippen LogP contribution in [0.25, 0.3) is 21.1 Å². The molecular weight excluding hydrogens is 410 g/mol. The number of carboxylic acids is 1. The summed E-state index contributed by atoms with van der Waals surface area (Å²) in [5.41, 5.74) is 0.0124. The van der Waals surface area contributed by atoms with Gasteiger partial charge in [0.05, 0.1) is 23.2 Å². The first-order valence-corrected chi connectivity index (χ1v) is 9.30. The van der Waals surface area contributed by atoms with Gasteiger partial charge >= 0.3 is 5.97 Å². The lowest BCUT2D eigenvalue weighted by molar-refractivity contribution is -0.136. The first-order chi connectivity index (χ1) is 13.3. The molecule has 5 nitrogen and oxygen atoms in total. The second-order valence-electron chi connectivity index (χ2n) is 6.15. The number of aliphatic carboxylic acids is 1. The smallest absolute Gasteiger partial charge is 0.308 e. The highest BCUT2D eigenvalue weighted by molar-refractivity contribution is 7.18. The predicted octanol–water partition coefficient (Wildman–Crippen LogP) is 4.22. The molecule has 0 aliphatic carbocycles. The molecule has 0 radical (unpaired) electrons. The largest absolute Gasteiger partial charge is 0.481 e. The minimum atomic E-state index is -1.13. The van der Waals surface area contributed by atoms with Crippen molar-refractivity contribution in [1.82, 2.24) is 9.55 Å². The van der Waals surface area contributed by atoms with Crippen molar-refractivity contribution in [3.05, 3.63) is 74.0 Å². The molecule has 4 rings (SSSR count). The lowest BCUT2D eigenvalue weighted by Gasteiger charge is -2.11. The van der Waals surface area contributed by atoms with E-state index in [1.165, 1.54) is 16.7 Å². The fourth-order valence-corrected chi connectivity index (χ4v) is 4.16. The third-order valence-electron chi connectivity index (χ3n) is 4.26. The van der Waals surface area contributed by atoms with Gasteiger partial charge in [-0.25, -0.2) is 13.8 Å². The van der Waals surface area contributed by atoms with Crippen LogP contribution in [0.2, 0.25) is 5.02 Å². The molecule has 0 spiro atoms. The van der Waals surface area contributed by atoms with E-state index in [1.807, 2.05) is 0 Å². The first kappa shape index (κ1) is 18.5. The van der Waals surface area contributed by atoms with Crippen molar-refractivity contribution in [3.63, 3.8) is 0 Å². The van der Waals surface area contributed by atoms with Crippen molar-refractivity contribution in [2.45, 2.75) is 13.0 Å². The van der Waals surface area contributed by atoms with Crippen LogP contribution < -0.4 is 5.56 Å². The molecule has 0 bridgehead atoms. The number of fused-ring (bicyclic) bond motifs is 2. The minimum Gasteiger partial charge on any atom is -0.481 e. The Morgan fingerprint density at radius 3 is 2.75 bits per heavy atom. The fourth-order valence-electron chi connectivity index (χ4n) is 3.04. The van der Waals surface area contributed by atoms with Gasteiger partial charge < -0.3 is 9.67 Å². The van der Waals surface area contributed by atoms with E-state index < -0.39 is 29.6 Å². The average Bonchev–Trinajstić information content (AvgIpc) is 3.05. The van der Waals surface area contributed by atoms with Gasteiger partial charge in [-0.05, 0) is 35.7 Å². The maximum atomic E-state index is 14.0. The molecule has 4 aromatic rings. The number of carbonyl (C=O) groups is 1. The Labute approximate surface area is 165 Å². The molecule has 0 aliphatic heterocycles. The van der Waals surface area contributed by atoms with Crippen LogP contribution >= 0.6 is 22.9 Å². The van der Waals surface area contributed by atoms with Crippen molar-refractivity contribution >= 4 is 50.0 Å². The van der Waals surface area contributed by atoms with E-state index in [0.29, 0.717) is 25.6 Å². The van der Waals surface area contributed by atoms with Gasteiger partial charge in [0.25, 0.3) is 5.56 Å². The maximum Gasteiger partial charge on any atom is 0.308 e. The summed E-state index contributed by atoms with van der Waals surface area (Å²) in [6.07, 6.45) is -0.433. The van der Waals surface area contributed by atoms with E-state index in [1.54, 1.807) is 18.2 Å². The van der Waals surface area contributed by atoms with Crippen molar-refractivity contribution in [3.8, 4) is 0 Å². The molecule has 0 saturated heterocycles. The highest BCUT2D eigenvalue weighted by Crippen LogP contribution is 2.27. The Morgan fingerprint density at radius 1 is 1.21 bits per heavy atom. The fraction of sp³-hybridized carbons (Fsp3) is 0.105. The zero-order chi connectivity index (χ0) is 20.0. The summed E-state index contributed by atoms with van der Waals surface area (Å²) in [6.45, 7) is -0.0243. The van der Waals surface area contributed by atoms with Gasteiger partial charge in [0, 0.05) is 10.6 Å². The molecule has 0 amide bonds. The number of hydrogen-bond acceptors (Lipinski definition) is 4. The molecule has 2 heterocycles. The van der Waals surface area contributed by atoms with Gasteiger partial charge in [-0.2, -0.15) is 0 Å². The molecule has 0 fully saturated rings. The summed E-state index contributed by atoms with van der Waals surface area (Å²) in [6, 6.07) is 8.88. The van der Waals surface area contributed by atoms with Crippen molar-refractivity contribution < 1.29 is 18.7 Å². The summed E-state index contributed by atoms with van der Waals surface area (Å²) in [4.78, 5) is 28.1. The van der Waals surface area contributed by atoms with Crippen LogP contribution in [0.3, 0.4) is 0 Å². The Kier molecular flexibility index (Phi) is 4.60. The summed E-state index contributed by atoms with van der Waals surface area (Å²) in [5.74, 6) is -3.17. The molecule has 28 heavy (non-hydrogen) atoms. The highest BCUT2D eigenvalue weighted by atomic mass is 35.5. The zero-order valence-electron chi connectivity index (χ0n) is 14.1. The second-order valence-corrected chi connectivity index (χ2v) is 7.70. The molecular formula is C19H11ClF2N2O3S. The Morgan fingerprint density at radius 2 is 2.00 bits per heavy atom. The molecule has 0 aliphatic rings. The van der Waals surface area contributed by atoms with Gasteiger partial charge in [-0.15, -0.1) is 11.3 Å². The van der Waals surface area contributed by atoms with Crippen molar-refractivity contribution in [2.24, 2.45) is 0 Å². The molecule has 2 aromatic carbocycles. The lowest BCUT2D eigenvalue weighted by atomic mass is 10.1. The Balaban J connectivity index is 1.90. The van der Waals surface area contributed by atoms with Crippen molar-refractivity contribution in [2.75, 3.05) is 0 Å². The number of carboxylic acid groups (broad SMARTS) is 1. The number of benzene rings is 2. The lowest BCUT2D eigenvalue weighted by Crippen LogP contribution is -2.26. The quantitative estimate of drug-likeness (QED) is 0.536. The molecule has 0 saturated carbocycles. The predicted molar refractivity (Wildman–Crippen MR) is 103 cm³/mol. The van der Waals surface area contributed by atoms with Crippen LogP contribution in [0.15, 0.2) is 41.2 Å². The number of rotatable bonds is 4. The molecule has 2 aromatic heterocycles. The number of halogens is 3. The van der Waals surface area contributed by atoms with E-state index in [0.717, 1.165) is 17.4 Å².